The smallest absolute Gasteiger partial charge is 0.147 e. The first-order valence-electron chi connectivity index (χ1n) is 7.12. The van der Waals surface area contributed by atoms with Gasteiger partial charge in [-0.15, -0.1) is 0 Å². The van der Waals surface area contributed by atoms with Crippen LogP contribution in [0.3, 0.4) is 0 Å². The molecule has 0 saturated carbocycles. The van der Waals surface area contributed by atoms with Gasteiger partial charge in [0.1, 0.15) is 11.6 Å². The number of fused-ring (bicyclic) bond motifs is 1. The molecule has 2 aromatic rings. The summed E-state index contributed by atoms with van der Waals surface area (Å²) < 4.78 is 13.0. The highest BCUT2D eigenvalue weighted by Crippen LogP contribution is 2.16. The molecule has 1 aliphatic rings. The van der Waals surface area contributed by atoms with Crippen molar-refractivity contribution < 1.29 is 4.39 Å². The molecule has 0 unspecified atom stereocenters. The number of hydrogen-bond acceptors (Lipinski definition) is 4. The van der Waals surface area contributed by atoms with Crippen LogP contribution in [0, 0.1) is 5.82 Å². The fourth-order valence-corrected chi connectivity index (χ4v) is 2.02. The van der Waals surface area contributed by atoms with E-state index >= 15 is 0 Å². The lowest BCUT2D eigenvalue weighted by molar-refractivity contribution is 0.585. The standard InChI is InChI=1S/C12H13FN4.C3H8/c13-9-1-2-10-11(7-9)15-8-12(16-10)17-5-3-14-4-6-17;1-3-2/h1-2,7-8,14H,3-6H2;3H2,1-2H3. The summed E-state index contributed by atoms with van der Waals surface area (Å²) in [6, 6.07) is 4.49. The lowest BCUT2D eigenvalue weighted by atomic mass is 10.3. The highest BCUT2D eigenvalue weighted by molar-refractivity contribution is 5.75. The van der Waals surface area contributed by atoms with Crippen molar-refractivity contribution in [1.29, 1.82) is 0 Å². The second-order valence-electron chi connectivity index (χ2n) is 4.81. The summed E-state index contributed by atoms with van der Waals surface area (Å²) in [6.07, 6.45) is 2.97. The summed E-state index contributed by atoms with van der Waals surface area (Å²) in [6.45, 7) is 8.04. The van der Waals surface area contributed by atoms with Crippen LogP contribution in [0.2, 0.25) is 0 Å². The topological polar surface area (TPSA) is 41.1 Å². The zero-order valence-electron chi connectivity index (χ0n) is 12.1. The minimum Gasteiger partial charge on any atom is -0.353 e. The number of hydrogen-bond donors (Lipinski definition) is 1. The molecule has 4 nitrogen and oxygen atoms in total. The zero-order valence-corrected chi connectivity index (χ0v) is 12.1. The van der Waals surface area contributed by atoms with Crippen molar-refractivity contribution in [3.63, 3.8) is 0 Å². The summed E-state index contributed by atoms with van der Waals surface area (Å²) in [5, 5.41) is 3.29. The van der Waals surface area contributed by atoms with Crippen LogP contribution in [0.5, 0.6) is 0 Å². The van der Waals surface area contributed by atoms with Crippen LogP contribution in [0.15, 0.2) is 24.4 Å². The molecule has 20 heavy (non-hydrogen) atoms. The summed E-state index contributed by atoms with van der Waals surface area (Å²) in [5.74, 6) is 0.590. The normalized spacial score (nSPS) is 14.8. The first-order valence-corrected chi connectivity index (χ1v) is 7.12. The lowest BCUT2D eigenvalue weighted by Crippen LogP contribution is -2.43. The minimum absolute atomic E-state index is 0.276. The number of piperazine rings is 1. The maximum Gasteiger partial charge on any atom is 0.147 e. The number of nitrogens with one attached hydrogen (secondary N) is 1. The monoisotopic (exact) mass is 276 g/mol. The molecule has 0 amide bonds. The largest absolute Gasteiger partial charge is 0.353 e. The second kappa shape index (κ2) is 7.14. The van der Waals surface area contributed by atoms with Crippen molar-refractivity contribution in [1.82, 2.24) is 15.3 Å². The molecule has 1 aliphatic heterocycles. The van der Waals surface area contributed by atoms with Gasteiger partial charge >= 0.3 is 0 Å². The Hall–Kier alpha value is -1.75. The van der Waals surface area contributed by atoms with Crippen LogP contribution in [0.25, 0.3) is 11.0 Å². The van der Waals surface area contributed by atoms with E-state index in [4.69, 9.17) is 0 Å². The number of anilines is 1. The molecule has 0 atom stereocenters. The van der Waals surface area contributed by atoms with Crippen LogP contribution in [-0.2, 0) is 0 Å². The Balaban J connectivity index is 0.000000452. The van der Waals surface area contributed by atoms with Gasteiger partial charge < -0.3 is 10.2 Å². The van der Waals surface area contributed by atoms with Gasteiger partial charge in [-0.05, 0) is 12.1 Å². The first-order chi connectivity index (χ1) is 9.74. The molecule has 1 N–H and O–H groups in total. The molecule has 0 bridgehead atoms. The predicted molar refractivity (Wildman–Crippen MR) is 80.5 cm³/mol. The third-order valence-electron chi connectivity index (χ3n) is 2.93. The summed E-state index contributed by atoms with van der Waals surface area (Å²) in [5.41, 5.74) is 1.34. The quantitative estimate of drug-likeness (QED) is 0.869. The SMILES string of the molecule is CCC.Fc1ccc2nc(N3CCNCC3)cnc2c1. The van der Waals surface area contributed by atoms with Crippen LogP contribution >= 0.6 is 0 Å². The van der Waals surface area contributed by atoms with Crippen molar-refractivity contribution in [2.45, 2.75) is 20.3 Å². The van der Waals surface area contributed by atoms with Crippen molar-refractivity contribution in [3.05, 3.63) is 30.2 Å². The van der Waals surface area contributed by atoms with Crippen LogP contribution in [0.1, 0.15) is 20.3 Å². The summed E-state index contributed by atoms with van der Waals surface area (Å²) in [7, 11) is 0. The van der Waals surface area contributed by atoms with Gasteiger partial charge in [0.2, 0.25) is 0 Å². The van der Waals surface area contributed by atoms with Gasteiger partial charge in [0, 0.05) is 32.2 Å². The van der Waals surface area contributed by atoms with Crippen molar-refractivity contribution in [2.24, 2.45) is 0 Å². The molecule has 3 rings (SSSR count). The average Bonchev–Trinajstić information content (AvgIpc) is 2.48. The highest BCUT2D eigenvalue weighted by Gasteiger charge is 2.12. The Bertz CT molecular complexity index is 553. The summed E-state index contributed by atoms with van der Waals surface area (Å²) in [4.78, 5) is 10.9. The maximum absolute atomic E-state index is 13.0. The molecule has 2 heterocycles. The van der Waals surface area contributed by atoms with Crippen LogP contribution in [-0.4, -0.2) is 36.1 Å². The third kappa shape index (κ3) is 3.63. The Morgan fingerprint density at radius 2 is 1.90 bits per heavy atom. The fraction of sp³-hybridized carbons (Fsp3) is 0.467. The number of nitrogens with zero attached hydrogens (tertiary/aromatic N) is 3. The van der Waals surface area contributed by atoms with Crippen molar-refractivity contribution >= 4 is 16.9 Å². The molecule has 1 fully saturated rings. The third-order valence-corrected chi connectivity index (χ3v) is 2.93. The molecule has 0 spiro atoms. The Kier molecular flexibility index (Phi) is 5.24. The van der Waals surface area contributed by atoms with Crippen LogP contribution < -0.4 is 10.2 Å². The van der Waals surface area contributed by atoms with Gasteiger partial charge in [-0.2, -0.15) is 0 Å². The molecule has 108 valence electrons. The molecule has 0 aliphatic carbocycles. The Morgan fingerprint density at radius 1 is 1.20 bits per heavy atom. The molecular weight excluding hydrogens is 255 g/mol. The van der Waals surface area contributed by atoms with Gasteiger partial charge in [0.05, 0.1) is 17.2 Å². The van der Waals surface area contributed by atoms with E-state index in [1.54, 1.807) is 12.3 Å². The van der Waals surface area contributed by atoms with E-state index < -0.39 is 0 Å². The van der Waals surface area contributed by atoms with Gasteiger partial charge in [-0.3, -0.25) is 4.98 Å². The van der Waals surface area contributed by atoms with Gasteiger partial charge in [0.25, 0.3) is 0 Å². The van der Waals surface area contributed by atoms with Crippen molar-refractivity contribution in [3.8, 4) is 0 Å². The minimum atomic E-state index is -0.276. The van der Waals surface area contributed by atoms with Gasteiger partial charge in [0.15, 0.2) is 0 Å². The molecule has 1 aromatic carbocycles. The Labute approximate surface area is 119 Å². The molecular formula is C15H21FN4. The van der Waals surface area contributed by atoms with E-state index in [2.05, 4.69) is 34.0 Å². The van der Waals surface area contributed by atoms with E-state index in [-0.39, 0.29) is 5.82 Å². The molecule has 5 heteroatoms. The van der Waals surface area contributed by atoms with Crippen molar-refractivity contribution in [2.75, 3.05) is 31.1 Å². The average molecular weight is 276 g/mol. The predicted octanol–water partition coefficient (Wildman–Crippen LogP) is 2.59. The maximum atomic E-state index is 13.0. The number of rotatable bonds is 1. The second-order valence-corrected chi connectivity index (χ2v) is 4.81. The highest BCUT2D eigenvalue weighted by atomic mass is 19.1. The first kappa shape index (κ1) is 14.7. The summed E-state index contributed by atoms with van der Waals surface area (Å²) >= 11 is 0. The molecule has 0 radical (unpaired) electrons. The fourth-order valence-electron chi connectivity index (χ4n) is 2.02. The lowest BCUT2D eigenvalue weighted by Gasteiger charge is -2.28. The van der Waals surface area contributed by atoms with Gasteiger partial charge in [-0.25, -0.2) is 9.37 Å². The van der Waals surface area contributed by atoms with E-state index in [1.165, 1.54) is 18.6 Å². The van der Waals surface area contributed by atoms with E-state index in [9.17, 15) is 4.39 Å². The number of aromatic nitrogens is 2. The van der Waals surface area contributed by atoms with Crippen LogP contribution in [0.4, 0.5) is 10.2 Å². The van der Waals surface area contributed by atoms with E-state index in [0.29, 0.717) is 5.52 Å². The number of halogens is 1. The number of benzene rings is 1. The van der Waals surface area contributed by atoms with Gasteiger partial charge in [-0.1, -0.05) is 20.3 Å². The van der Waals surface area contributed by atoms with E-state index in [1.807, 2.05) is 0 Å². The Morgan fingerprint density at radius 3 is 2.60 bits per heavy atom. The molecule has 1 saturated heterocycles. The molecule has 1 aromatic heterocycles. The van der Waals surface area contributed by atoms with E-state index in [0.717, 1.165) is 37.5 Å². The zero-order chi connectivity index (χ0) is 14.4.